The van der Waals surface area contributed by atoms with Gasteiger partial charge >= 0.3 is 0 Å². The fraction of sp³-hybridized carbons (Fsp3) is 0.200. The van der Waals surface area contributed by atoms with Crippen LogP contribution >= 0.6 is 0 Å². The van der Waals surface area contributed by atoms with Gasteiger partial charge in [-0.3, -0.25) is 0 Å². The summed E-state index contributed by atoms with van der Waals surface area (Å²) in [5, 5.41) is 9.52. The van der Waals surface area contributed by atoms with Gasteiger partial charge < -0.3 is 14.6 Å². The van der Waals surface area contributed by atoms with Gasteiger partial charge in [0.2, 0.25) is 5.75 Å². The first kappa shape index (κ1) is 9.45. The monoisotopic (exact) mass is 180 g/mol. The number of aromatic hydroxyl groups is 1. The van der Waals surface area contributed by atoms with Crippen LogP contribution in [0.4, 0.5) is 0 Å². The highest BCUT2D eigenvalue weighted by Gasteiger charge is 2.09. The van der Waals surface area contributed by atoms with Crippen molar-refractivity contribution in [2.75, 3.05) is 14.2 Å². The van der Waals surface area contributed by atoms with Crippen molar-refractivity contribution < 1.29 is 14.6 Å². The third-order valence-corrected chi connectivity index (χ3v) is 1.74. The van der Waals surface area contributed by atoms with Crippen molar-refractivity contribution >= 4 is 6.08 Å². The highest BCUT2D eigenvalue weighted by molar-refractivity contribution is 5.60. The molecule has 0 aliphatic carbocycles. The molecule has 0 fully saturated rings. The average Bonchev–Trinajstić information content (AvgIpc) is 2.18. The molecule has 0 unspecified atom stereocenters. The minimum Gasteiger partial charge on any atom is -0.502 e. The van der Waals surface area contributed by atoms with E-state index in [1.54, 1.807) is 18.2 Å². The fourth-order valence-electron chi connectivity index (χ4n) is 1.03. The lowest BCUT2D eigenvalue weighted by Crippen LogP contribution is -1.89. The molecule has 1 aromatic carbocycles. The lowest BCUT2D eigenvalue weighted by atomic mass is 10.2. The van der Waals surface area contributed by atoms with Crippen LogP contribution in [-0.2, 0) is 0 Å². The van der Waals surface area contributed by atoms with Crippen LogP contribution in [0.1, 0.15) is 5.56 Å². The molecule has 1 N–H and O–H groups in total. The third-order valence-electron chi connectivity index (χ3n) is 1.74. The summed E-state index contributed by atoms with van der Waals surface area (Å²) in [6, 6.07) is 3.37. The number of hydrogen-bond acceptors (Lipinski definition) is 3. The molecule has 0 aliphatic rings. The molecule has 0 heterocycles. The number of methoxy groups -OCH3 is 2. The van der Waals surface area contributed by atoms with Gasteiger partial charge in [-0.05, 0) is 17.7 Å². The predicted molar refractivity (Wildman–Crippen MR) is 51.3 cm³/mol. The molecular weight excluding hydrogens is 168 g/mol. The SMILES string of the molecule is C=Cc1cc(OC)c(O)c(OC)c1. The molecule has 0 bridgehead atoms. The van der Waals surface area contributed by atoms with Crippen molar-refractivity contribution in [3.63, 3.8) is 0 Å². The molecule has 1 aromatic rings. The van der Waals surface area contributed by atoms with Gasteiger partial charge in [0, 0.05) is 0 Å². The summed E-state index contributed by atoms with van der Waals surface area (Å²) in [4.78, 5) is 0. The average molecular weight is 180 g/mol. The molecule has 13 heavy (non-hydrogen) atoms. The van der Waals surface area contributed by atoms with Crippen LogP contribution < -0.4 is 9.47 Å². The van der Waals surface area contributed by atoms with Crippen LogP contribution in [0.5, 0.6) is 17.2 Å². The van der Waals surface area contributed by atoms with E-state index in [0.29, 0.717) is 11.5 Å². The molecule has 3 heteroatoms. The molecule has 0 spiro atoms. The summed E-state index contributed by atoms with van der Waals surface area (Å²) in [7, 11) is 2.97. The van der Waals surface area contributed by atoms with Crippen LogP contribution in [0, 0.1) is 0 Å². The lowest BCUT2D eigenvalue weighted by molar-refractivity contribution is 0.340. The minimum atomic E-state index is 0.00981. The number of hydrogen-bond donors (Lipinski definition) is 1. The molecule has 0 radical (unpaired) electrons. The van der Waals surface area contributed by atoms with Crippen LogP contribution in [0.15, 0.2) is 18.7 Å². The van der Waals surface area contributed by atoms with Gasteiger partial charge in [-0.1, -0.05) is 12.7 Å². The van der Waals surface area contributed by atoms with Gasteiger partial charge in [0.15, 0.2) is 11.5 Å². The zero-order valence-electron chi connectivity index (χ0n) is 7.70. The van der Waals surface area contributed by atoms with Crippen LogP contribution in [0.25, 0.3) is 6.08 Å². The Labute approximate surface area is 77.2 Å². The van der Waals surface area contributed by atoms with E-state index >= 15 is 0 Å². The van der Waals surface area contributed by atoms with E-state index in [1.807, 2.05) is 0 Å². The second kappa shape index (κ2) is 3.85. The van der Waals surface area contributed by atoms with Crippen molar-refractivity contribution in [1.82, 2.24) is 0 Å². The molecule has 0 atom stereocenters. The van der Waals surface area contributed by atoms with Gasteiger partial charge in [0.25, 0.3) is 0 Å². The van der Waals surface area contributed by atoms with E-state index in [9.17, 15) is 5.11 Å². The number of ether oxygens (including phenoxy) is 2. The Bertz CT molecular complexity index is 293. The maximum absolute atomic E-state index is 9.52. The minimum absolute atomic E-state index is 0.00981. The van der Waals surface area contributed by atoms with Crippen molar-refractivity contribution in [2.45, 2.75) is 0 Å². The first-order chi connectivity index (χ1) is 6.22. The maximum atomic E-state index is 9.52. The highest BCUT2D eigenvalue weighted by Crippen LogP contribution is 2.37. The molecule has 1 rings (SSSR count). The van der Waals surface area contributed by atoms with E-state index in [0.717, 1.165) is 5.56 Å². The van der Waals surface area contributed by atoms with Gasteiger partial charge in [-0.25, -0.2) is 0 Å². The Hall–Kier alpha value is -1.64. The van der Waals surface area contributed by atoms with Gasteiger partial charge in [-0.15, -0.1) is 0 Å². The van der Waals surface area contributed by atoms with E-state index in [-0.39, 0.29) is 5.75 Å². The Morgan fingerprint density at radius 1 is 1.23 bits per heavy atom. The summed E-state index contributed by atoms with van der Waals surface area (Å²) >= 11 is 0. The smallest absolute Gasteiger partial charge is 0.200 e. The molecule has 3 nitrogen and oxygen atoms in total. The van der Waals surface area contributed by atoms with E-state index < -0.39 is 0 Å². The third kappa shape index (κ3) is 1.75. The summed E-state index contributed by atoms with van der Waals surface area (Å²) in [5.74, 6) is 0.777. The van der Waals surface area contributed by atoms with Crippen molar-refractivity contribution in [2.24, 2.45) is 0 Å². The number of benzene rings is 1. The second-order valence-corrected chi connectivity index (χ2v) is 2.48. The summed E-state index contributed by atoms with van der Waals surface area (Å²) in [5.41, 5.74) is 0.839. The van der Waals surface area contributed by atoms with Crippen molar-refractivity contribution in [1.29, 1.82) is 0 Å². The highest BCUT2D eigenvalue weighted by atomic mass is 16.5. The van der Waals surface area contributed by atoms with Gasteiger partial charge in [0.05, 0.1) is 14.2 Å². The zero-order valence-corrected chi connectivity index (χ0v) is 7.70. The Balaban J connectivity index is 3.28. The summed E-state index contributed by atoms with van der Waals surface area (Å²) in [6.45, 7) is 3.62. The van der Waals surface area contributed by atoms with Crippen LogP contribution in [-0.4, -0.2) is 19.3 Å². The first-order valence-corrected chi connectivity index (χ1v) is 3.80. The standard InChI is InChI=1S/C10H12O3/c1-4-7-5-8(12-2)10(11)9(6-7)13-3/h4-6,11H,1H2,2-3H3. The predicted octanol–water partition coefficient (Wildman–Crippen LogP) is 2.05. The molecule has 70 valence electrons. The molecular formula is C10H12O3. The summed E-state index contributed by atoms with van der Waals surface area (Å²) < 4.78 is 9.90. The van der Waals surface area contributed by atoms with Gasteiger partial charge in [0.1, 0.15) is 0 Å². The van der Waals surface area contributed by atoms with Crippen LogP contribution in [0.3, 0.4) is 0 Å². The van der Waals surface area contributed by atoms with Crippen LogP contribution in [0.2, 0.25) is 0 Å². The van der Waals surface area contributed by atoms with E-state index in [1.165, 1.54) is 14.2 Å². The Kier molecular flexibility index (Phi) is 2.80. The largest absolute Gasteiger partial charge is 0.502 e. The molecule has 0 saturated heterocycles. The van der Waals surface area contributed by atoms with E-state index in [4.69, 9.17) is 9.47 Å². The number of phenolic OH excluding ortho intramolecular Hbond substituents is 1. The zero-order chi connectivity index (χ0) is 9.84. The Morgan fingerprint density at radius 3 is 2.00 bits per heavy atom. The molecule has 0 amide bonds. The Morgan fingerprint density at radius 2 is 1.69 bits per heavy atom. The quantitative estimate of drug-likeness (QED) is 0.773. The number of phenols is 1. The lowest BCUT2D eigenvalue weighted by Gasteiger charge is -2.08. The normalized spacial score (nSPS) is 9.38. The first-order valence-electron chi connectivity index (χ1n) is 3.80. The number of rotatable bonds is 3. The molecule has 0 aromatic heterocycles. The molecule has 0 saturated carbocycles. The van der Waals surface area contributed by atoms with Crippen molar-refractivity contribution in [3.05, 3.63) is 24.3 Å². The topological polar surface area (TPSA) is 38.7 Å². The van der Waals surface area contributed by atoms with E-state index in [2.05, 4.69) is 6.58 Å². The maximum Gasteiger partial charge on any atom is 0.200 e. The summed E-state index contributed by atoms with van der Waals surface area (Å²) in [6.07, 6.45) is 1.66. The fourth-order valence-corrected chi connectivity index (χ4v) is 1.03. The molecule has 0 aliphatic heterocycles. The van der Waals surface area contributed by atoms with Crippen molar-refractivity contribution in [3.8, 4) is 17.2 Å². The van der Waals surface area contributed by atoms with Gasteiger partial charge in [-0.2, -0.15) is 0 Å². The second-order valence-electron chi connectivity index (χ2n) is 2.48.